The molecule has 399 valence electrons. The van der Waals surface area contributed by atoms with Gasteiger partial charge in [0.05, 0.1) is 48.9 Å². The van der Waals surface area contributed by atoms with Crippen molar-refractivity contribution in [1.29, 1.82) is 0 Å². The van der Waals surface area contributed by atoms with Crippen LogP contribution in [0.25, 0.3) is 38.8 Å². The van der Waals surface area contributed by atoms with Crippen molar-refractivity contribution in [2.45, 2.75) is 67.0 Å². The molecule has 12 nitrogen and oxygen atoms in total. The van der Waals surface area contributed by atoms with Gasteiger partial charge in [-0.15, -0.1) is 0 Å². The van der Waals surface area contributed by atoms with Crippen LogP contribution in [0, 0.1) is 3.57 Å². The Kier molecular flexibility index (Phi) is 26.2. The summed E-state index contributed by atoms with van der Waals surface area (Å²) in [5, 5.41) is 10.2. The minimum Gasteiger partial charge on any atom is -1.00 e. The van der Waals surface area contributed by atoms with E-state index in [0.717, 1.165) is 112 Å². The molecule has 0 saturated carbocycles. The third-order valence-corrected chi connectivity index (χ3v) is 13.0. The van der Waals surface area contributed by atoms with Crippen LogP contribution in [0.15, 0.2) is 195 Å². The van der Waals surface area contributed by atoms with Crippen molar-refractivity contribution in [2.24, 2.45) is 0 Å². The molecule has 0 aliphatic rings. The summed E-state index contributed by atoms with van der Waals surface area (Å²) in [4.78, 5) is 29.4. The Balaban J connectivity index is 0.000000230. The third kappa shape index (κ3) is 19.5. The number of carbonyl (C=O) groups is 1. The van der Waals surface area contributed by atoms with Crippen LogP contribution in [0.5, 0.6) is 11.5 Å². The van der Waals surface area contributed by atoms with Gasteiger partial charge < -0.3 is 41.8 Å². The van der Waals surface area contributed by atoms with Crippen LogP contribution < -0.4 is 55.4 Å². The first-order chi connectivity index (χ1) is 37.7. The Bertz CT molecular complexity index is 3500. The van der Waals surface area contributed by atoms with Crippen molar-refractivity contribution >= 4 is 87.5 Å². The average Bonchev–Trinajstić information content (AvgIpc) is 4.27. The topological polar surface area (TPSA) is 161 Å². The molecular weight excluding hydrogens is 1100 g/mol. The van der Waals surface area contributed by atoms with Gasteiger partial charge in [-0.25, -0.2) is 15.0 Å². The van der Waals surface area contributed by atoms with Crippen LogP contribution in [0.2, 0.25) is 0 Å². The number of fused-ring (bicyclic) bond motifs is 3. The predicted octanol–water partition coefficient (Wildman–Crippen LogP) is 12.0. The van der Waals surface area contributed by atoms with Gasteiger partial charge in [-0.1, -0.05) is 93.6 Å². The average molecular weight is 1170 g/mol. The van der Waals surface area contributed by atoms with Crippen molar-refractivity contribution in [3.8, 4) is 17.2 Å². The Hall–Kier alpha value is -7.37. The zero-order valence-electron chi connectivity index (χ0n) is 47.0. The van der Waals surface area contributed by atoms with E-state index < -0.39 is 0 Å². The Morgan fingerprint density at radius 1 is 0.557 bits per heavy atom. The standard InChI is InChI=1S/C24H25N3O.C16H17N3.C9H10O.C8H9IO.C7H7N3.B.Na.H/c1-3-18-5-7-19(8-6-18)16-25-21-15-20-13-14-27(24(20)26-17-21)22-9-11-23(12-10-22)28-4-2;1-2-12-3-5-13(6-4-12)10-18-15-9-14-7-8-17-16(14)19-11-15;1-2-8-3-5-9(7-10)6-4-8;1-2-10-8-5-3-7(9)4-6-8;8-6-3-5-1-2-9-7(5)10-4-6;;;/h5-15,17,25H,3-4,16H2,1-2H3;3-9,11,18H,2,10H2,1H3,(H,17,19);3-7H,2H2,1H3;3-6H,2H2,1H3;1-4H,8H2,(H,9,10);;;/q;;;;;;+1;-1. The number of ether oxygens (including phenoxy) is 2. The molecular formula is C64H69BIN9NaO3. The number of hydrogen-bond donors (Lipinski definition) is 5. The number of benzene rings is 5. The van der Waals surface area contributed by atoms with E-state index in [9.17, 15) is 4.79 Å². The molecule has 0 amide bonds. The monoisotopic (exact) mass is 1170 g/mol. The van der Waals surface area contributed by atoms with E-state index in [1.165, 1.54) is 31.4 Å². The number of aromatic amines is 2. The van der Waals surface area contributed by atoms with Crippen LogP contribution in [0.4, 0.5) is 17.1 Å². The largest absolute Gasteiger partial charge is 1.00 e. The first-order valence-electron chi connectivity index (χ1n) is 26.0. The van der Waals surface area contributed by atoms with Gasteiger partial charge in [0.2, 0.25) is 0 Å². The number of aryl methyl sites for hydroxylation is 3. The zero-order valence-corrected chi connectivity index (χ0v) is 50.2. The maximum absolute atomic E-state index is 10.2. The SMILES string of the molecule is CCOc1ccc(-n2ccc3cc(NCc4ccc(CC)cc4)cnc32)cc1.CCOc1ccc(I)cc1.CCc1ccc(C=O)cc1.CCc1ccc(CNc2cnc3[nH]ccc3c2)cc1.Nc1cnc2[nH]ccc2c1.[B].[H-].[Na+]. The summed E-state index contributed by atoms with van der Waals surface area (Å²) in [7, 11) is 0. The quantitative estimate of drug-likeness (QED) is 0.0382. The number of rotatable bonds is 15. The molecule has 0 bridgehead atoms. The van der Waals surface area contributed by atoms with Crippen LogP contribution in [0.1, 0.15) is 74.2 Å². The van der Waals surface area contributed by atoms with Crippen molar-refractivity contribution in [1.82, 2.24) is 29.5 Å². The van der Waals surface area contributed by atoms with Gasteiger partial charge in [0, 0.05) is 71.1 Å². The number of aldehydes is 1. The fourth-order valence-corrected chi connectivity index (χ4v) is 8.27. The van der Waals surface area contributed by atoms with Gasteiger partial charge in [-0.05, 0) is 168 Å². The number of anilines is 3. The summed E-state index contributed by atoms with van der Waals surface area (Å²) < 4.78 is 14.1. The summed E-state index contributed by atoms with van der Waals surface area (Å²) in [6.07, 6.45) is 15.2. The van der Waals surface area contributed by atoms with Crippen molar-refractivity contribution in [2.75, 3.05) is 29.6 Å². The van der Waals surface area contributed by atoms with Gasteiger partial charge in [-0.3, -0.25) is 4.79 Å². The number of carbonyl (C=O) groups excluding carboxylic acids is 1. The van der Waals surface area contributed by atoms with Crippen molar-refractivity contribution < 1.29 is 45.3 Å². The molecule has 15 heteroatoms. The minimum absolute atomic E-state index is 0. The van der Waals surface area contributed by atoms with Crippen LogP contribution in [-0.2, 0) is 32.4 Å². The summed E-state index contributed by atoms with van der Waals surface area (Å²) in [5.41, 5.74) is 19.4. The number of hydrogen-bond acceptors (Lipinski definition) is 9. The molecule has 0 atom stereocenters. The molecule has 79 heavy (non-hydrogen) atoms. The molecule has 0 saturated heterocycles. The van der Waals surface area contributed by atoms with E-state index in [-0.39, 0.29) is 39.4 Å². The second kappa shape index (κ2) is 33.2. The fourth-order valence-electron chi connectivity index (χ4n) is 7.92. The molecule has 0 unspecified atom stereocenters. The summed E-state index contributed by atoms with van der Waals surface area (Å²) in [6.45, 7) is 13.4. The van der Waals surface area contributed by atoms with Gasteiger partial charge in [-0.2, -0.15) is 0 Å². The normalized spacial score (nSPS) is 10.2. The van der Waals surface area contributed by atoms with E-state index in [0.29, 0.717) is 12.3 Å². The van der Waals surface area contributed by atoms with Crippen LogP contribution in [-0.4, -0.2) is 57.4 Å². The number of aromatic nitrogens is 6. The minimum atomic E-state index is 0. The number of nitrogens with two attached hydrogens (primary N) is 1. The molecule has 0 aliphatic heterocycles. The summed E-state index contributed by atoms with van der Waals surface area (Å²) in [6, 6.07) is 53.4. The fraction of sp³-hybridized carbons (Fsp3) is 0.188. The summed E-state index contributed by atoms with van der Waals surface area (Å²) >= 11 is 2.27. The number of halogens is 1. The van der Waals surface area contributed by atoms with E-state index in [2.05, 4.69) is 169 Å². The second-order valence-electron chi connectivity index (χ2n) is 17.7. The molecule has 11 rings (SSSR count). The maximum Gasteiger partial charge on any atom is 1.00 e. The van der Waals surface area contributed by atoms with Crippen molar-refractivity contribution in [3.05, 3.63) is 232 Å². The van der Waals surface area contributed by atoms with Gasteiger partial charge in [0.25, 0.3) is 0 Å². The molecule has 6 heterocycles. The predicted molar refractivity (Wildman–Crippen MR) is 334 cm³/mol. The van der Waals surface area contributed by atoms with E-state index in [1.807, 2.05) is 117 Å². The smallest absolute Gasteiger partial charge is 1.00 e. The first kappa shape index (κ1) is 62.5. The van der Waals surface area contributed by atoms with Crippen LogP contribution in [0.3, 0.4) is 0 Å². The van der Waals surface area contributed by atoms with Gasteiger partial charge in [0.1, 0.15) is 34.7 Å². The summed E-state index contributed by atoms with van der Waals surface area (Å²) in [5.74, 6) is 1.83. The number of pyridine rings is 3. The zero-order chi connectivity index (χ0) is 54.2. The maximum atomic E-state index is 10.2. The van der Waals surface area contributed by atoms with Gasteiger partial charge in [0.15, 0.2) is 0 Å². The Labute approximate surface area is 503 Å². The Morgan fingerprint density at radius 2 is 1.00 bits per heavy atom. The first-order valence-corrected chi connectivity index (χ1v) is 27.1. The number of nitrogens with one attached hydrogen (secondary N) is 4. The number of nitrogen functional groups attached to an aromatic ring is 1. The number of H-pyrrole nitrogens is 2. The number of nitrogens with zero attached hydrogens (tertiary/aromatic N) is 4. The van der Waals surface area contributed by atoms with Crippen molar-refractivity contribution in [3.63, 3.8) is 0 Å². The van der Waals surface area contributed by atoms with E-state index in [4.69, 9.17) is 15.2 Å². The van der Waals surface area contributed by atoms with Gasteiger partial charge >= 0.3 is 29.6 Å². The molecule has 5 aromatic carbocycles. The Morgan fingerprint density at radius 3 is 1.49 bits per heavy atom. The second-order valence-corrected chi connectivity index (χ2v) is 19.0. The van der Waals surface area contributed by atoms with E-state index in [1.54, 1.807) is 6.20 Å². The molecule has 0 spiro atoms. The van der Waals surface area contributed by atoms with Crippen LogP contribution >= 0.6 is 22.6 Å². The molecule has 0 fully saturated rings. The molecule has 0 aliphatic carbocycles. The van der Waals surface area contributed by atoms with E-state index >= 15 is 0 Å². The molecule has 3 radical (unpaired) electrons. The molecule has 6 N–H and O–H groups in total. The molecule has 6 aromatic heterocycles. The third-order valence-electron chi connectivity index (χ3n) is 12.3. The molecule has 11 aromatic rings.